The van der Waals surface area contributed by atoms with Crippen molar-refractivity contribution in [3.05, 3.63) is 82.9 Å². The molecule has 4 aromatic carbocycles. The first-order valence-corrected chi connectivity index (χ1v) is 11.0. The number of rotatable bonds is 0. The molecule has 0 atom stereocenters. The van der Waals surface area contributed by atoms with Gasteiger partial charge in [-0.15, -0.1) is 0 Å². The van der Waals surface area contributed by atoms with E-state index in [1.54, 1.807) is 0 Å². The van der Waals surface area contributed by atoms with Gasteiger partial charge < -0.3 is 4.90 Å². The summed E-state index contributed by atoms with van der Waals surface area (Å²) in [7, 11) is 2.26. The number of nitrogens with zero attached hydrogens (tertiary/aromatic N) is 1. The molecule has 1 nitrogen and oxygen atoms in total. The summed E-state index contributed by atoms with van der Waals surface area (Å²) in [6, 6.07) is 22.4. The van der Waals surface area contributed by atoms with E-state index in [0.29, 0.717) is 0 Å². The van der Waals surface area contributed by atoms with Crippen LogP contribution in [0, 0.1) is 13.8 Å². The zero-order valence-electron chi connectivity index (χ0n) is 19.2. The molecule has 1 aliphatic heterocycles. The van der Waals surface area contributed by atoms with Crippen LogP contribution in [0.4, 0.5) is 11.4 Å². The molecule has 0 saturated heterocycles. The van der Waals surface area contributed by atoms with Gasteiger partial charge in [0.2, 0.25) is 0 Å². The van der Waals surface area contributed by atoms with Crippen LogP contribution in [0.2, 0.25) is 0 Å². The standard InChI is InChI=1S/C29H31N/c1-18-19(2)25-27(23-15-11-10-13-21(18)23)30(7)24-17-16-20-12-8-9-14-22(20)26(24)29(5,6)28(25,3)4/h8-17H,1-7H3. The maximum Gasteiger partial charge on any atom is 0.0529 e. The van der Waals surface area contributed by atoms with Crippen LogP contribution in [0.1, 0.15) is 49.9 Å². The first-order valence-electron chi connectivity index (χ1n) is 11.0. The molecule has 0 amide bonds. The molecule has 0 radical (unpaired) electrons. The third-order valence-corrected chi connectivity index (χ3v) is 8.18. The van der Waals surface area contributed by atoms with E-state index in [4.69, 9.17) is 0 Å². The molecular formula is C29H31N. The van der Waals surface area contributed by atoms with Crippen molar-refractivity contribution >= 4 is 32.9 Å². The van der Waals surface area contributed by atoms with Gasteiger partial charge in [-0.3, -0.25) is 0 Å². The number of fused-ring (bicyclic) bond motifs is 6. The van der Waals surface area contributed by atoms with Crippen LogP contribution >= 0.6 is 0 Å². The van der Waals surface area contributed by atoms with Crippen molar-refractivity contribution in [1.29, 1.82) is 0 Å². The summed E-state index contributed by atoms with van der Waals surface area (Å²) in [5, 5.41) is 5.39. The van der Waals surface area contributed by atoms with Gasteiger partial charge in [0.15, 0.2) is 0 Å². The minimum Gasteiger partial charge on any atom is -0.344 e. The summed E-state index contributed by atoms with van der Waals surface area (Å²) >= 11 is 0. The van der Waals surface area contributed by atoms with Crippen LogP contribution in [-0.2, 0) is 10.8 Å². The molecule has 0 aliphatic carbocycles. The van der Waals surface area contributed by atoms with Crippen LogP contribution in [0.25, 0.3) is 21.5 Å². The fourth-order valence-corrected chi connectivity index (χ4v) is 5.77. The van der Waals surface area contributed by atoms with Crippen molar-refractivity contribution in [1.82, 2.24) is 0 Å². The van der Waals surface area contributed by atoms with E-state index in [2.05, 4.69) is 114 Å². The maximum atomic E-state index is 2.46. The van der Waals surface area contributed by atoms with Crippen LogP contribution in [0.5, 0.6) is 0 Å². The van der Waals surface area contributed by atoms with E-state index in [0.717, 1.165) is 0 Å². The largest absolute Gasteiger partial charge is 0.344 e. The van der Waals surface area contributed by atoms with Gasteiger partial charge in [-0.05, 0) is 58.3 Å². The monoisotopic (exact) mass is 393 g/mol. The van der Waals surface area contributed by atoms with Crippen LogP contribution in [0.15, 0.2) is 60.7 Å². The Labute approximate surface area is 180 Å². The second-order valence-electron chi connectivity index (χ2n) is 10.0. The first-order chi connectivity index (χ1) is 14.2. The highest BCUT2D eigenvalue weighted by atomic mass is 15.1. The normalized spacial score (nSPS) is 17.0. The number of hydrogen-bond donors (Lipinski definition) is 0. The fraction of sp³-hybridized carbons (Fsp3) is 0.310. The van der Waals surface area contributed by atoms with Gasteiger partial charge >= 0.3 is 0 Å². The van der Waals surface area contributed by atoms with Crippen molar-refractivity contribution in [3.8, 4) is 0 Å². The van der Waals surface area contributed by atoms with Gasteiger partial charge in [0.25, 0.3) is 0 Å². The number of aryl methyl sites for hydroxylation is 1. The maximum absolute atomic E-state index is 2.46. The molecule has 1 aliphatic rings. The Balaban J connectivity index is 2.03. The molecule has 0 unspecified atom stereocenters. The van der Waals surface area contributed by atoms with Crippen LogP contribution < -0.4 is 4.90 Å². The fourth-order valence-electron chi connectivity index (χ4n) is 5.77. The predicted molar refractivity (Wildman–Crippen MR) is 131 cm³/mol. The molecule has 0 bridgehead atoms. The first kappa shape index (κ1) is 19.2. The lowest BCUT2D eigenvalue weighted by Gasteiger charge is -2.43. The van der Waals surface area contributed by atoms with E-state index in [1.165, 1.54) is 55.2 Å². The zero-order chi connectivity index (χ0) is 21.4. The lowest BCUT2D eigenvalue weighted by molar-refractivity contribution is 0.308. The highest BCUT2D eigenvalue weighted by molar-refractivity contribution is 6.04. The van der Waals surface area contributed by atoms with Crippen molar-refractivity contribution < 1.29 is 0 Å². The molecule has 0 N–H and O–H groups in total. The van der Waals surface area contributed by atoms with E-state index >= 15 is 0 Å². The molecule has 4 aromatic rings. The molecule has 0 aromatic heterocycles. The predicted octanol–water partition coefficient (Wildman–Crippen LogP) is 7.95. The highest BCUT2D eigenvalue weighted by Gasteiger charge is 2.47. The summed E-state index contributed by atoms with van der Waals surface area (Å²) in [5.74, 6) is 0. The minimum atomic E-state index is -0.0532. The second-order valence-corrected chi connectivity index (χ2v) is 10.0. The van der Waals surface area contributed by atoms with Gasteiger partial charge in [-0.2, -0.15) is 0 Å². The van der Waals surface area contributed by atoms with Crippen LogP contribution in [0.3, 0.4) is 0 Å². The molecule has 0 saturated carbocycles. The van der Waals surface area contributed by atoms with Gasteiger partial charge in [-0.1, -0.05) is 82.3 Å². The topological polar surface area (TPSA) is 3.24 Å². The lowest BCUT2D eigenvalue weighted by atomic mass is 9.59. The smallest absolute Gasteiger partial charge is 0.0529 e. The van der Waals surface area contributed by atoms with E-state index < -0.39 is 0 Å². The number of benzene rings is 4. The second kappa shape index (κ2) is 6.11. The molecule has 5 rings (SSSR count). The Hall–Kier alpha value is -2.80. The van der Waals surface area contributed by atoms with E-state index in [-0.39, 0.29) is 10.8 Å². The quantitative estimate of drug-likeness (QED) is 0.293. The Kier molecular flexibility index (Phi) is 3.90. The summed E-state index contributed by atoms with van der Waals surface area (Å²) < 4.78 is 0. The van der Waals surface area contributed by atoms with Gasteiger partial charge in [0.05, 0.1) is 5.69 Å². The molecular weight excluding hydrogens is 362 g/mol. The minimum absolute atomic E-state index is 0.0508. The Bertz CT molecular complexity index is 1320. The van der Waals surface area contributed by atoms with Gasteiger partial charge in [0.1, 0.15) is 0 Å². The average Bonchev–Trinajstić information content (AvgIpc) is 2.78. The van der Waals surface area contributed by atoms with Gasteiger partial charge in [0, 0.05) is 29.0 Å². The third kappa shape index (κ3) is 2.24. The number of anilines is 2. The zero-order valence-corrected chi connectivity index (χ0v) is 19.2. The summed E-state index contributed by atoms with van der Waals surface area (Å²) in [6.07, 6.45) is 0. The SMILES string of the molecule is Cc1c2c(c3ccccc3c1C)N(C)c1ccc3ccccc3c1C(C)(C)C2(C)C. The molecule has 152 valence electrons. The Morgan fingerprint density at radius 3 is 1.87 bits per heavy atom. The Morgan fingerprint density at radius 2 is 1.17 bits per heavy atom. The van der Waals surface area contributed by atoms with Crippen molar-refractivity contribution in [2.24, 2.45) is 0 Å². The molecule has 0 spiro atoms. The van der Waals surface area contributed by atoms with Crippen molar-refractivity contribution in [3.63, 3.8) is 0 Å². The lowest BCUT2D eigenvalue weighted by Crippen LogP contribution is -2.40. The molecule has 0 fully saturated rings. The average molecular weight is 394 g/mol. The molecule has 30 heavy (non-hydrogen) atoms. The van der Waals surface area contributed by atoms with Gasteiger partial charge in [-0.25, -0.2) is 0 Å². The molecule has 1 heteroatoms. The summed E-state index contributed by atoms with van der Waals surface area (Å²) in [5.41, 5.74) is 8.33. The number of hydrogen-bond acceptors (Lipinski definition) is 1. The Morgan fingerprint density at radius 1 is 0.600 bits per heavy atom. The van der Waals surface area contributed by atoms with Crippen LogP contribution in [-0.4, -0.2) is 7.05 Å². The summed E-state index contributed by atoms with van der Waals surface area (Å²) in [4.78, 5) is 2.46. The summed E-state index contributed by atoms with van der Waals surface area (Å²) in [6.45, 7) is 14.4. The molecule has 1 heterocycles. The van der Waals surface area contributed by atoms with E-state index in [9.17, 15) is 0 Å². The highest BCUT2D eigenvalue weighted by Crippen LogP contribution is 2.57. The van der Waals surface area contributed by atoms with Crippen molar-refractivity contribution in [2.75, 3.05) is 11.9 Å². The van der Waals surface area contributed by atoms with E-state index in [1.807, 2.05) is 0 Å². The van der Waals surface area contributed by atoms with Crippen molar-refractivity contribution in [2.45, 2.75) is 52.4 Å². The third-order valence-electron chi connectivity index (χ3n) is 8.18.